The number of aryl methyl sites for hydroxylation is 4. The van der Waals surface area contributed by atoms with Gasteiger partial charge < -0.3 is 18.9 Å². The first-order valence-electron chi connectivity index (χ1n) is 22.7. The third kappa shape index (κ3) is 12.2. The highest BCUT2D eigenvalue weighted by molar-refractivity contribution is 5.96. The van der Waals surface area contributed by atoms with Crippen LogP contribution in [0.2, 0.25) is 0 Å². The number of rotatable bonds is 17. The van der Waals surface area contributed by atoms with Crippen molar-refractivity contribution in [2.75, 3.05) is 0 Å². The normalized spacial score (nSPS) is 18.7. The fourth-order valence-electron chi connectivity index (χ4n) is 8.65. The maximum absolute atomic E-state index is 13.6. The van der Waals surface area contributed by atoms with Crippen LogP contribution in [-0.2, 0) is 54.3 Å². The summed E-state index contributed by atoms with van der Waals surface area (Å²) >= 11 is 0. The van der Waals surface area contributed by atoms with Crippen LogP contribution in [0.5, 0.6) is 11.5 Å². The van der Waals surface area contributed by atoms with Crippen molar-refractivity contribution in [2.45, 2.75) is 129 Å². The minimum Gasteiger partial charge on any atom is -0.462 e. The van der Waals surface area contributed by atoms with Gasteiger partial charge in [0.25, 0.3) is 0 Å². The molecule has 62 heavy (non-hydrogen) atoms. The number of esters is 4. The monoisotopic (exact) mass is 837 g/mol. The number of aromatic nitrogens is 1. The Kier molecular flexibility index (Phi) is 15.6. The van der Waals surface area contributed by atoms with Gasteiger partial charge in [0.15, 0.2) is 5.75 Å². The van der Waals surface area contributed by atoms with Gasteiger partial charge in [-0.1, -0.05) is 106 Å². The van der Waals surface area contributed by atoms with Crippen LogP contribution >= 0.6 is 0 Å². The third-order valence-electron chi connectivity index (χ3n) is 12.3. The Hall–Kier alpha value is -5.83. The van der Waals surface area contributed by atoms with Gasteiger partial charge in [0.05, 0.1) is 11.8 Å². The van der Waals surface area contributed by atoms with E-state index in [1.807, 2.05) is 36.4 Å². The summed E-state index contributed by atoms with van der Waals surface area (Å²) in [5.41, 5.74) is 7.02. The molecule has 1 heterocycles. The molecule has 0 aliphatic heterocycles. The van der Waals surface area contributed by atoms with Crippen LogP contribution in [0.25, 0.3) is 22.0 Å². The van der Waals surface area contributed by atoms with E-state index >= 15 is 0 Å². The van der Waals surface area contributed by atoms with Crippen LogP contribution in [0.4, 0.5) is 0 Å². The van der Waals surface area contributed by atoms with Gasteiger partial charge in [-0.25, -0.2) is 0 Å². The third-order valence-corrected chi connectivity index (χ3v) is 12.3. The van der Waals surface area contributed by atoms with E-state index in [4.69, 9.17) is 23.9 Å². The number of fused-ring (bicyclic) bond motifs is 1. The molecule has 0 bridgehead atoms. The second-order valence-electron chi connectivity index (χ2n) is 17.0. The lowest BCUT2D eigenvalue weighted by Crippen LogP contribution is -2.30. The molecule has 9 nitrogen and oxygen atoms in total. The van der Waals surface area contributed by atoms with Crippen LogP contribution in [0, 0.1) is 11.8 Å². The maximum atomic E-state index is 13.6. The van der Waals surface area contributed by atoms with E-state index in [9.17, 15) is 19.2 Å². The summed E-state index contributed by atoms with van der Waals surface area (Å²) in [6.07, 6.45) is 12.0. The van der Waals surface area contributed by atoms with Crippen LogP contribution in [0.3, 0.4) is 0 Å². The van der Waals surface area contributed by atoms with Gasteiger partial charge in [-0.2, -0.15) is 0 Å². The Morgan fingerprint density at radius 1 is 0.516 bits per heavy atom. The van der Waals surface area contributed by atoms with Gasteiger partial charge in [-0.15, -0.1) is 0 Å². The number of pyridine rings is 1. The average Bonchev–Trinajstić information content (AvgIpc) is 3.30. The fraction of sp³-hybridized carbons (Fsp3) is 0.415. The molecule has 2 aliphatic carbocycles. The number of carbonyl (C=O) groups excluding carboxylic acids is 4. The van der Waals surface area contributed by atoms with Gasteiger partial charge >= 0.3 is 23.9 Å². The Bertz CT molecular complexity index is 2270. The topological polar surface area (TPSA) is 118 Å². The number of nitrogens with zero attached hydrogens (tertiary/aromatic N) is 1. The first-order chi connectivity index (χ1) is 30.2. The van der Waals surface area contributed by atoms with Crippen molar-refractivity contribution in [1.29, 1.82) is 0 Å². The molecule has 2 fully saturated rings. The van der Waals surface area contributed by atoms with Gasteiger partial charge in [0.1, 0.15) is 23.5 Å². The lowest BCUT2D eigenvalue weighted by atomic mass is 9.87. The number of ether oxygens (including phenoxy) is 4. The van der Waals surface area contributed by atoms with Crippen molar-refractivity contribution in [3.05, 3.63) is 126 Å². The molecule has 0 N–H and O–H groups in total. The molecule has 0 spiro atoms. The van der Waals surface area contributed by atoms with Gasteiger partial charge in [0, 0.05) is 30.0 Å². The van der Waals surface area contributed by atoms with Gasteiger partial charge in [-0.05, 0) is 123 Å². The van der Waals surface area contributed by atoms with E-state index in [1.54, 1.807) is 18.3 Å². The summed E-state index contributed by atoms with van der Waals surface area (Å²) in [6.45, 7) is 4.32. The largest absolute Gasteiger partial charge is 0.462 e. The molecule has 9 heteroatoms. The highest BCUT2D eigenvalue weighted by Crippen LogP contribution is 2.37. The highest BCUT2D eigenvalue weighted by atomic mass is 16.6. The molecule has 2 saturated carbocycles. The average molecular weight is 838 g/mol. The van der Waals surface area contributed by atoms with Crippen molar-refractivity contribution in [3.8, 4) is 22.6 Å². The summed E-state index contributed by atoms with van der Waals surface area (Å²) in [4.78, 5) is 57.4. The van der Waals surface area contributed by atoms with E-state index in [0.29, 0.717) is 93.7 Å². The molecule has 324 valence electrons. The fourth-order valence-corrected chi connectivity index (χ4v) is 8.65. The van der Waals surface area contributed by atoms with Crippen molar-refractivity contribution >= 4 is 34.8 Å². The molecule has 0 unspecified atom stereocenters. The van der Waals surface area contributed by atoms with Crippen LogP contribution in [0.15, 0.2) is 103 Å². The Morgan fingerprint density at radius 3 is 1.42 bits per heavy atom. The molecule has 4 aromatic carbocycles. The summed E-state index contributed by atoms with van der Waals surface area (Å²) in [5, 5.41) is 0.556. The highest BCUT2D eigenvalue weighted by Gasteiger charge is 2.32. The first-order valence-corrected chi connectivity index (χ1v) is 22.7. The van der Waals surface area contributed by atoms with Crippen molar-refractivity contribution in [2.24, 2.45) is 11.8 Å². The van der Waals surface area contributed by atoms with Crippen molar-refractivity contribution in [3.63, 3.8) is 0 Å². The predicted molar refractivity (Wildman–Crippen MR) is 240 cm³/mol. The lowest BCUT2D eigenvalue weighted by molar-refractivity contribution is -0.153. The molecule has 1 aromatic heterocycles. The molecule has 5 aromatic rings. The van der Waals surface area contributed by atoms with Crippen molar-refractivity contribution in [1.82, 2.24) is 4.98 Å². The minimum absolute atomic E-state index is 0.216. The number of hydrogen-bond acceptors (Lipinski definition) is 9. The smallest absolute Gasteiger partial charge is 0.314 e. The molecular weight excluding hydrogens is 779 g/mol. The molecular formula is C53H59NO8. The quantitative estimate of drug-likeness (QED) is 0.0666. The summed E-state index contributed by atoms with van der Waals surface area (Å²) < 4.78 is 23.7. The second kappa shape index (κ2) is 21.8. The summed E-state index contributed by atoms with van der Waals surface area (Å²) in [5.74, 6) is -1.21. The molecule has 2 aliphatic rings. The SMILES string of the molecule is CCCc1ccc(CCC(=O)O[C@H]2CC[C@H](C(=O)Oc3ccc(OC(=O)[C@H]4CC[C@H](OC(=O)CCc5ccc(CCC)cc5)CC4)c4ncc(-c5ccccc5)cc34)CC2)cc1. The first kappa shape index (κ1) is 44.2. The zero-order chi connectivity index (χ0) is 43.3. The molecule has 0 saturated heterocycles. The van der Waals surface area contributed by atoms with E-state index in [1.165, 1.54) is 11.1 Å². The van der Waals surface area contributed by atoms with Crippen LogP contribution in [0.1, 0.15) is 113 Å². The minimum atomic E-state index is -0.361. The van der Waals surface area contributed by atoms with Gasteiger partial charge in [0.2, 0.25) is 0 Å². The number of hydrogen-bond donors (Lipinski definition) is 0. The molecule has 0 atom stereocenters. The number of benzene rings is 4. The molecule has 0 amide bonds. The summed E-state index contributed by atoms with van der Waals surface area (Å²) in [7, 11) is 0. The van der Waals surface area contributed by atoms with E-state index < -0.39 is 0 Å². The molecule has 7 rings (SSSR count). The van der Waals surface area contributed by atoms with Crippen molar-refractivity contribution < 1.29 is 38.1 Å². The Morgan fingerprint density at radius 2 is 0.952 bits per heavy atom. The maximum Gasteiger partial charge on any atom is 0.314 e. The zero-order valence-corrected chi connectivity index (χ0v) is 36.2. The van der Waals surface area contributed by atoms with E-state index in [0.717, 1.165) is 47.9 Å². The predicted octanol–water partition coefficient (Wildman–Crippen LogP) is 11.1. The van der Waals surface area contributed by atoms with E-state index in [-0.39, 0.29) is 53.7 Å². The van der Waals surface area contributed by atoms with Gasteiger partial charge in [-0.3, -0.25) is 24.2 Å². The summed E-state index contributed by atoms with van der Waals surface area (Å²) in [6, 6.07) is 31.9. The molecule has 0 radical (unpaired) electrons. The zero-order valence-electron chi connectivity index (χ0n) is 36.2. The van der Waals surface area contributed by atoms with E-state index in [2.05, 4.69) is 62.4 Å². The standard InChI is InChI=1S/C53H59NO8/c1-3-8-36-12-16-38(17-13-36)20-32-49(55)59-44-26-22-41(23-27-44)52(57)61-47-30-31-48(51-46(47)34-43(35-54-51)40-10-6-5-7-11-40)62-53(58)42-24-28-45(29-25-42)60-50(56)33-21-39-18-14-37(9-4-2)15-19-39/h5-7,10-19,30-31,34-35,41-42,44-45H,3-4,8-9,20-29,32-33H2,1-2H3/t41-,42-,44-,45-. The Balaban J connectivity index is 0.924. The lowest BCUT2D eigenvalue weighted by Gasteiger charge is -2.27. The van der Waals surface area contributed by atoms with Crippen LogP contribution < -0.4 is 9.47 Å². The second-order valence-corrected chi connectivity index (χ2v) is 17.0. The number of carbonyl (C=O) groups is 4. The van der Waals surface area contributed by atoms with Crippen LogP contribution in [-0.4, -0.2) is 41.1 Å². The Labute approximate surface area is 365 Å².